The molecular weight excluding hydrogens is 525 g/mol. The van der Waals surface area contributed by atoms with Crippen LogP contribution < -0.4 is 9.47 Å². The molecule has 0 N–H and O–H groups in total. The van der Waals surface area contributed by atoms with Gasteiger partial charge < -0.3 is 13.7 Å². The Hall–Kier alpha value is -3.52. The van der Waals surface area contributed by atoms with Gasteiger partial charge in [-0.1, -0.05) is 24.3 Å². The fraction of sp³-hybridized carbons (Fsp3) is 0.227. The Morgan fingerprint density at radius 1 is 0.944 bits per heavy atom. The van der Waals surface area contributed by atoms with Gasteiger partial charge >= 0.3 is 15.6 Å². The molecule has 9 nitrogen and oxygen atoms in total. The third-order valence-electron chi connectivity index (χ3n) is 4.80. The molecule has 2 heterocycles. The van der Waals surface area contributed by atoms with Gasteiger partial charge in [-0.25, -0.2) is 17.4 Å². The molecule has 4 rings (SSSR count). The second-order valence-electron chi connectivity index (χ2n) is 7.13. The average molecular weight is 547 g/mol. The number of aromatic nitrogens is 1. The Labute approximate surface area is 205 Å². The summed E-state index contributed by atoms with van der Waals surface area (Å²) in [5.74, 6) is 0.605. The summed E-state index contributed by atoms with van der Waals surface area (Å²) in [4.78, 5) is 3.60. The summed E-state index contributed by atoms with van der Waals surface area (Å²) in [6, 6.07) is 13.5. The van der Waals surface area contributed by atoms with E-state index in [4.69, 9.17) is 9.47 Å². The van der Waals surface area contributed by atoms with Gasteiger partial charge in [-0.05, 0) is 30.7 Å². The second kappa shape index (κ2) is 10.6. The van der Waals surface area contributed by atoms with Gasteiger partial charge in [0.05, 0.1) is 24.6 Å². The number of methoxy groups -OCH3 is 2. The van der Waals surface area contributed by atoms with Crippen molar-refractivity contribution in [3.63, 3.8) is 0 Å². The predicted octanol–water partition coefficient (Wildman–Crippen LogP) is 4.45. The van der Waals surface area contributed by atoms with Crippen molar-refractivity contribution >= 4 is 36.9 Å². The van der Waals surface area contributed by atoms with Gasteiger partial charge in [0, 0.05) is 30.3 Å². The maximum absolute atomic E-state index is 12.8. The number of halogens is 3. The van der Waals surface area contributed by atoms with Crippen molar-refractivity contribution < 1.29 is 43.7 Å². The minimum atomic E-state index is -5.56. The van der Waals surface area contributed by atoms with Crippen molar-refractivity contribution in [2.45, 2.75) is 23.2 Å². The lowest BCUT2D eigenvalue weighted by atomic mass is 10.2. The Balaban J connectivity index is 0.000000223. The Bertz CT molecular complexity index is 1500. The Kier molecular flexibility index (Phi) is 7.99. The van der Waals surface area contributed by atoms with E-state index >= 15 is 0 Å². The van der Waals surface area contributed by atoms with Gasteiger partial charge in [0.15, 0.2) is 11.5 Å². The van der Waals surface area contributed by atoms with Gasteiger partial charge in [-0.3, -0.25) is 0 Å². The van der Waals surface area contributed by atoms with Crippen LogP contribution in [-0.4, -0.2) is 46.4 Å². The van der Waals surface area contributed by atoms with Crippen LogP contribution in [0.3, 0.4) is 0 Å². The van der Waals surface area contributed by atoms with Crippen molar-refractivity contribution in [3.8, 4) is 11.5 Å². The van der Waals surface area contributed by atoms with Gasteiger partial charge in [0.2, 0.25) is 5.90 Å². The van der Waals surface area contributed by atoms with Crippen molar-refractivity contribution in [1.82, 2.24) is 3.97 Å². The SMILES string of the molecule is COc1cc2ccn(S(=O)(=O)c3ccccc3)c2cc1OC.O=S(=O)(OC1=NC=CCC1)C(F)(F)F. The molecule has 194 valence electrons. The number of allylic oxidation sites excluding steroid dienone is 1. The number of fused-ring (bicyclic) bond motifs is 1. The predicted molar refractivity (Wildman–Crippen MR) is 126 cm³/mol. The van der Waals surface area contributed by atoms with Crippen LogP contribution in [-0.2, 0) is 24.3 Å². The molecule has 1 aromatic heterocycles. The van der Waals surface area contributed by atoms with Crippen LogP contribution in [0.5, 0.6) is 11.5 Å². The molecule has 0 atom stereocenters. The molecule has 0 spiro atoms. The van der Waals surface area contributed by atoms with Crippen LogP contribution in [0.25, 0.3) is 10.9 Å². The lowest BCUT2D eigenvalue weighted by Crippen LogP contribution is -2.28. The van der Waals surface area contributed by atoms with Gasteiger partial charge in [0.1, 0.15) is 0 Å². The summed E-state index contributed by atoms with van der Waals surface area (Å²) in [6.45, 7) is 0. The molecule has 2 aromatic carbocycles. The maximum atomic E-state index is 12.8. The zero-order valence-electron chi connectivity index (χ0n) is 19.0. The van der Waals surface area contributed by atoms with Crippen LogP contribution in [0.15, 0.2) is 76.9 Å². The van der Waals surface area contributed by atoms with E-state index in [1.807, 2.05) is 0 Å². The molecule has 1 aliphatic rings. The topological polar surface area (TPSA) is 113 Å². The summed E-state index contributed by atoms with van der Waals surface area (Å²) in [5, 5.41) is 0.761. The standard InChI is InChI=1S/C16H15NO4S.C6H6F3NO3S/c1-20-15-10-12-8-9-17(14(12)11-16(15)21-2)22(18,19)13-6-4-3-5-7-13;7-6(8,9)14(11,12)13-5-3-1-2-4-10-5/h3-11H,1-2H3;2,4H,1,3H2. The average Bonchev–Trinajstić information content (AvgIpc) is 3.27. The number of alkyl halides is 3. The summed E-state index contributed by atoms with van der Waals surface area (Å²) < 4.78 is 97.4. The minimum Gasteiger partial charge on any atom is -0.493 e. The molecule has 14 heteroatoms. The number of benzene rings is 2. The van der Waals surface area contributed by atoms with Gasteiger partial charge in [-0.2, -0.15) is 21.6 Å². The lowest BCUT2D eigenvalue weighted by molar-refractivity contribution is -0.0505. The fourth-order valence-electron chi connectivity index (χ4n) is 3.07. The highest BCUT2D eigenvalue weighted by molar-refractivity contribution is 7.90. The first-order valence-electron chi connectivity index (χ1n) is 10.2. The van der Waals surface area contributed by atoms with Gasteiger partial charge in [-0.15, -0.1) is 0 Å². The van der Waals surface area contributed by atoms with Crippen molar-refractivity contribution in [2.75, 3.05) is 14.2 Å². The first kappa shape index (κ1) is 27.1. The molecule has 0 amide bonds. The van der Waals surface area contributed by atoms with E-state index in [-0.39, 0.29) is 11.3 Å². The van der Waals surface area contributed by atoms with Crippen LogP contribution in [0.2, 0.25) is 0 Å². The summed E-state index contributed by atoms with van der Waals surface area (Å²) in [7, 11) is -6.15. The number of ether oxygens (including phenoxy) is 2. The molecule has 0 aliphatic carbocycles. The highest BCUT2D eigenvalue weighted by atomic mass is 32.2. The van der Waals surface area contributed by atoms with E-state index in [0.717, 1.165) is 5.39 Å². The van der Waals surface area contributed by atoms with E-state index in [9.17, 15) is 30.0 Å². The molecule has 0 saturated heterocycles. The summed E-state index contributed by atoms with van der Waals surface area (Å²) in [6.07, 6.45) is 4.78. The normalized spacial score (nSPS) is 14.0. The number of nitrogens with zero attached hydrogens (tertiary/aromatic N) is 2. The van der Waals surface area contributed by atoms with Crippen molar-refractivity contribution in [3.05, 3.63) is 67.0 Å². The summed E-state index contributed by atoms with van der Waals surface area (Å²) >= 11 is 0. The van der Waals surface area contributed by atoms with Crippen LogP contribution in [0.4, 0.5) is 13.2 Å². The van der Waals surface area contributed by atoms with E-state index in [1.165, 1.54) is 23.5 Å². The molecule has 3 aromatic rings. The molecule has 0 fully saturated rings. The van der Waals surface area contributed by atoms with E-state index in [1.54, 1.807) is 61.7 Å². The van der Waals surface area contributed by atoms with Crippen LogP contribution in [0, 0.1) is 0 Å². The largest absolute Gasteiger partial charge is 0.534 e. The van der Waals surface area contributed by atoms with Crippen molar-refractivity contribution in [2.24, 2.45) is 4.99 Å². The zero-order valence-corrected chi connectivity index (χ0v) is 20.6. The van der Waals surface area contributed by atoms with E-state index in [2.05, 4.69) is 9.18 Å². The maximum Gasteiger partial charge on any atom is 0.534 e. The van der Waals surface area contributed by atoms with Crippen LogP contribution >= 0.6 is 0 Å². The molecule has 1 aliphatic heterocycles. The number of aliphatic imine (C=N–C) groups is 1. The molecule has 36 heavy (non-hydrogen) atoms. The third-order valence-corrected chi connectivity index (χ3v) is 7.48. The minimum absolute atomic E-state index is 0.0474. The zero-order chi connectivity index (χ0) is 26.6. The quantitative estimate of drug-likeness (QED) is 0.343. The Morgan fingerprint density at radius 3 is 2.14 bits per heavy atom. The molecule has 0 saturated carbocycles. The van der Waals surface area contributed by atoms with E-state index in [0.29, 0.717) is 23.4 Å². The smallest absolute Gasteiger partial charge is 0.493 e. The Morgan fingerprint density at radius 2 is 1.58 bits per heavy atom. The summed E-state index contributed by atoms with van der Waals surface area (Å²) in [5.41, 5.74) is -4.86. The lowest BCUT2D eigenvalue weighted by Gasteiger charge is -2.11. The molecular formula is C22H21F3N2O7S2. The first-order valence-corrected chi connectivity index (χ1v) is 13.0. The fourth-order valence-corrected chi connectivity index (χ4v) is 4.91. The van der Waals surface area contributed by atoms with Crippen molar-refractivity contribution in [1.29, 1.82) is 0 Å². The van der Waals surface area contributed by atoms with Crippen LogP contribution in [0.1, 0.15) is 12.8 Å². The van der Waals surface area contributed by atoms with E-state index < -0.39 is 31.5 Å². The monoisotopic (exact) mass is 546 g/mol. The third kappa shape index (κ3) is 5.82. The molecule has 0 unspecified atom stereocenters. The molecule has 0 radical (unpaired) electrons. The second-order valence-corrected chi connectivity index (χ2v) is 10.5. The molecule has 0 bridgehead atoms. The number of hydrogen-bond donors (Lipinski definition) is 0. The van der Waals surface area contributed by atoms with Gasteiger partial charge in [0.25, 0.3) is 10.0 Å². The highest BCUT2D eigenvalue weighted by Gasteiger charge is 2.49. The highest BCUT2D eigenvalue weighted by Crippen LogP contribution is 2.34. The number of hydrogen-bond acceptors (Lipinski definition) is 8. The number of rotatable bonds is 5. The first-order chi connectivity index (χ1) is 16.9.